The molecule has 17 heavy (non-hydrogen) atoms. The second kappa shape index (κ2) is 5.53. The van der Waals surface area contributed by atoms with Gasteiger partial charge in [-0.2, -0.15) is 0 Å². The van der Waals surface area contributed by atoms with Crippen LogP contribution in [0.3, 0.4) is 0 Å². The Kier molecular flexibility index (Phi) is 3.81. The van der Waals surface area contributed by atoms with Gasteiger partial charge >= 0.3 is 0 Å². The summed E-state index contributed by atoms with van der Waals surface area (Å²) in [6, 6.07) is 7.73. The minimum atomic E-state index is 0.707. The zero-order valence-corrected chi connectivity index (χ0v) is 10.1. The van der Waals surface area contributed by atoms with Crippen LogP contribution in [-0.2, 0) is 0 Å². The lowest BCUT2D eigenvalue weighted by molar-refractivity contribution is 0.299. The van der Waals surface area contributed by atoms with Crippen molar-refractivity contribution < 1.29 is 4.74 Å². The number of aromatic nitrogens is 1. The lowest BCUT2D eigenvalue weighted by Gasteiger charge is -2.08. The molecule has 0 unspecified atom stereocenters. The van der Waals surface area contributed by atoms with Gasteiger partial charge in [0.05, 0.1) is 6.61 Å². The monoisotopic (exact) mass is 230 g/mol. The molecule has 0 saturated heterocycles. The molecule has 0 aliphatic rings. The summed E-state index contributed by atoms with van der Waals surface area (Å²) in [6.07, 6.45) is 5.22. The normalized spacial score (nSPS) is 10.6. The molecule has 0 bridgehead atoms. The Bertz CT molecular complexity index is 497. The predicted molar refractivity (Wildman–Crippen MR) is 71.2 cm³/mol. The van der Waals surface area contributed by atoms with Crippen molar-refractivity contribution in [3.63, 3.8) is 0 Å². The molecule has 0 aliphatic carbocycles. The standard InChI is InChI=1S/C14H18N2O/c1-2-3-4-9-17-14-13-6-5-12(15)10-11(13)7-8-16-14/h5-8,10H,2-4,9,15H2,1H3. The number of nitrogens with zero attached hydrogens (tertiary/aromatic N) is 1. The van der Waals surface area contributed by atoms with Crippen molar-refractivity contribution in [1.29, 1.82) is 0 Å². The number of rotatable bonds is 5. The van der Waals surface area contributed by atoms with E-state index in [0.717, 1.165) is 29.5 Å². The van der Waals surface area contributed by atoms with E-state index in [0.29, 0.717) is 5.88 Å². The topological polar surface area (TPSA) is 48.1 Å². The maximum atomic E-state index is 5.75. The molecule has 0 aliphatic heterocycles. The van der Waals surface area contributed by atoms with Crippen molar-refractivity contribution in [1.82, 2.24) is 4.98 Å². The molecule has 1 heterocycles. The minimum Gasteiger partial charge on any atom is -0.477 e. The van der Waals surface area contributed by atoms with E-state index in [4.69, 9.17) is 10.5 Å². The van der Waals surface area contributed by atoms with Crippen LogP contribution in [0, 0.1) is 0 Å². The third-order valence-corrected chi connectivity index (χ3v) is 2.74. The number of unbranched alkanes of at least 4 members (excludes halogenated alkanes) is 2. The lowest BCUT2D eigenvalue weighted by atomic mass is 10.1. The van der Waals surface area contributed by atoms with Crippen LogP contribution in [0.2, 0.25) is 0 Å². The smallest absolute Gasteiger partial charge is 0.221 e. The highest BCUT2D eigenvalue weighted by Crippen LogP contribution is 2.24. The van der Waals surface area contributed by atoms with E-state index >= 15 is 0 Å². The number of hydrogen-bond acceptors (Lipinski definition) is 3. The van der Waals surface area contributed by atoms with Gasteiger partial charge in [0, 0.05) is 17.3 Å². The molecular formula is C14H18N2O. The van der Waals surface area contributed by atoms with Gasteiger partial charge in [-0.05, 0) is 36.1 Å². The van der Waals surface area contributed by atoms with Gasteiger partial charge in [0.15, 0.2) is 0 Å². The summed E-state index contributed by atoms with van der Waals surface area (Å²) in [5.74, 6) is 0.707. The third-order valence-electron chi connectivity index (χ3n) is 2.74. The number of pyridine rings is 1. The number of nitrogens with two attached hydrogens (primary N) is 1. The van der Waals surface area contributed by atoms with Crippen LogP contribution < -0.4 is 10.5 Å². The average molecular weight is 230 g/mol. The Morgan fingerprint density at radius 3 is 2.94 bits per heavy atom. The van der Waals surface area contributed by atoms with E-state index in [9.17, 15) is 0 Å². The zero-order chi connectivity index (χ0) is 12.1. The van der Waals surface area contributed by atoms with Gasteiger partial charge in [0.1, 0.15) is 0 Å². The molecule has 3 heteroatoms. The Hall–Kier alpha value is -1.77. The van der Waals surface area contributed by atoms with E-state index in [-0.39, 0.29) is 0 Å². The van der Waals surface area contributed by atoms with Crippen molar-refractivity contribution in [2.45, 2.75) is 26.2 Å². The highest BCUT2D eigenvalue weighted by molar-refractivity contribution is 5.89. The third kappa shape index (κ3) is 2.87. The number of benzene rings is 1. The van der Waals surface area contributed by atoms with Crippen LogP contribution in [0.4, 0.5) is 5.69 Å². The van der Waals surface area contributed by atoms with Gasteiger partial charge in [-0.15, -0.1) is 0 Å². The molecule has 0 atom stereocenters. The Morgan fingerprint density at radius 2 is 2.12 bits per heavy atom. The minimum absolute atomic E-state index is 0.707. The molecular weight excluding hydrogens is 212 g/mol. The summed E-state index contributed by atoms with van der Waals surface area (Å²) in [5.41, 5.74) is 6.52. The summed E-state index contributed by atoms with van der Waals surface area (Å²) in [7, 11) is 0. The van der Waals surface area contributed by atoms with E-state index in [1.54, 1.807) is 6.20 Å². The van der Waals surface area contributed by atoms with Crippen LogP contribution in [0.15, 0.2) is 30.5 Å². The molecule has 0 fully saturated rings. The van der Waals surface area contributed by atoms with Crippen molar-refractivity contribution in [2.75, 3.05) is 12.3 Å². The van der Waals surface area contributed by atoms with Crippen LogP contribution in [0.5, 0.6) is 5.88 Å². The van der Waals surface area contributed by atoms with Gasteiger partial charge in [0.25, 0.3) is 0 Å². The lowest BCUT2D eigenvalue weighted by Crippen LogP contribution is -1.99. The first kappa shape index (κ1) is 11.7. The van der Waals surface area contributed by atoms with Gasteiger partial charge in [0.2, 0.25) is 5.88 Å². The summed E-state index contributed by atoms with van der Waals surface area (Å²) in [5, 5.41) is 2.10. The van der Waals surface area contributed by atoms with E-state index in [2.05, 4.69) is 11.9 Å². The van der Waals surface area contributed by atoms with Crippen molar-refractivity contribution in [3.05, 3.63) is 30.5 Å². The molecule has 1 aromatic carbocycles. The average Bonchev–Trinajstić information content (AvgIpc) is 2.34. The van der Waals surface area contributed by atoms with Gasteiger partial charge in [-0.25, -0.2) is 4.98 Å². The molecule has 90 valence electrons. The fourth-order valence-corrected chi connectivity index (χ4v) is 1.80. The zero-order valence-electron chi connectivity index (χ0n) is 10.1. The number of ether oxygens (including phenoxy) is 1. The Labute approximate surface area is 102 Å². The number of hydrogen-bond donors (Lipinski definition) is 1. The fourth-order valence-electron chi connectivity index (χ4n) is 1.80. The van der Waals surface area contributed by atoms with Crippen molar-refractivity contribution in [2.24, 2.45) is 0 Å². The summed E-state index contributed by atoms with van der Waals surface area (Å²) >= 11 is 0. The number of fused-ring (bicyclic) bond motifs is 1. The fraction of sp³-hybridized carbons (Fsp3) is 0.357. The molecule has 0 spiro atoms. The van der Waals surface area contributed by atoms with Crippen LogP contribution in [-0.4, -0.2) is 11.6 Å². The van der Waals surface area contributed by atoms with Gasteiger partial charge in [-0.1, -0.05) is 19.8 Å². The first-order valence-corrected chi connectivity index (χ1v) is 6.08. The first-order chi connectivity index (χ1) is 8.31. The molecule has 0 radical (unpaired) electrons. The maximum Gasteiger partial charge on any atom is 0.221 e. The summed E-state index contributed by atoms with van der Waals surface area (Å²) in [6.45, 7) is 2.91. The maximum absolute atomic E-state index is 5.75. The van der Waals surface area contributed by atoms with Crippen LogP contribution in [0.25, 0.3) is 10.8 Å². The molecule has 3 nitrogen and oxygen atoms in total. The second-order valence-electron chi connectivity index (χ2n) is 4.15. The van der Waals surface area contributed by atoms with Gasteiger partial charge < -0.3 is 10.5 Å². The highest BCUT2D eigenvalue weighted by Gasteiger charge is 2.03. The highest BCUT2D eigenvalue weighted by atomic mass is 16.5. The Balaban J connectivity index is 2.16. The van der Waals surface area contributed by atoms with Crippen LogP contribution >= 0.6 is 0 Å². The molecule has 1 aromatic heterocycles. The molecule has 2 rings (SSSR count). The van der Waals surface area contributed by atoms with Crippen molar-refractivity contribution >= 4 is 16.5 Å². The molecule has 0 saturated carbocycles. The Morgan fingerprint density at radius 1 is 1.24 bits per heavy atom. The van der Waals surface area contributed by atoms with Gasteiger partial charge in [-0.3, -0.25) is 0 Å². The predicted octanol–water partition coefficient (Wildman–Crippen LogP) is 3.39. The molecule has 2 N–H and O–H groups in total. The van der Waals surface area contributed by atoms with E-state index < -0.39 is 0 Å². The van der Waals surface area contributed by atoms with Crippen LogP contribution in [0.1, 0.15) is 26.2 Å². The largest absolute Gasteiger partial charge is 0.477 e. The first-order valence-electron chi connectivity index (χ1n) is 6.08. The number of anilines is 1. The molecule has 2 aromatic rings. The van der Waals surface area contributed by atoms with E-state index in [1.165, 1.54) is 12.8 Å². The van der Waals surface area contributed by atoms with Crippen molar-refractivity contribution in [3.8, 4) is 5.88 Å². The summed E-state index contributed by atoms with van der Waals surface area (Å²) < 4.78 is 5.71. The quantitative estimate of drug-likeness (QED) is 0.632. The SMILES string of the molecule is CCCCCOc1nccc2cc(N)ccc12. The number of nitrogen functional groups attached to an aromatic ring is 1. The second-order valence-corrected chi connectivity index (χ2v) is 4.15. The molecule has 0 amide bonds. The van der Waals surface area contributed by atoms with E-state index in [1.807, 2.05) is 24.3 Å². The summed E-state index contributed by atoms with van der Waals surface area (Å²) in [4.78, 5) is 4.27.